The number of nitrogens with two attached hydrogens (primary N) is 1. The zero-order valence-corrected chi connectivity index (χ0v) is 10.3. The summed E-state index contributed by atoms with van der Waals surface area (Å²) in [6, 6.07) is 7.32. The Balaban J connectivity index is 2.25. The number of aliphatic carboxylic acids is 1. The van der Waals surface area contributed by atoms with Crippen LogP contribution in [0.5, 0.6) is 0 Å². The van der Waals surface area contributed by atoms with Gasteiger partial charge >= 0.3 is 5.97 Å². The Kier molecular flexibility index (Phi) is 3.53. The van der Waals surface area contributed by atoms with Crippen LogP contribution in [0.25, 0.3) is 0 Å². The summed E-state index contributed by atoms with van der Waals surface area (Å²) in [5.74, 6) is -0.590. The minimum absolute atomic E-state index is 0.0132. The van der Waals surface area contributed by atoms with E-state index in [4.69, 9.17) is 22.4 Å². The lowest BCUT2D eigenvalue weighted by Crippen LogP contribution is -2.07. The van der Waals surface area contributed by atoms with Crippen LogP contribution < -0.4 is 5.73 Å². The minimum atomic E-state index is -0.861. The molecule has 0 aliphatic heterocycles. The van der Waals surface area contributed by atoms with E-state index in [1.807, 2.05) is 18.2 Å². The Morgan fingerprint density at radius 2 is 2.06 bits per heavy atom. The second-order valence-corrected chi connectivity index (χ2v) is 4.31. The summed E-state index contributed by atoms with van der Waals surface area (Å²) in [4.78, 5) is 10.8. The molecule has 1 heterocycles. The van der Waals surface area contributed by atoms with Crippen molar-refractivity contribution >= 4 is 23.4 Å². The van der Waals surface area contributed by atoms with Crippen LogP contribution in [0, 0.1) is 0 Å². The smallest absolute Gasteiger partial charge is 0.307 e. The average Bonchev–Trinajstić information content (AvgIpc) is 2.60. The standard InChI is InChI=1S/C12H12ClN3O2/c13-10-7-16(15-12(10)14)6-9-4-2-1-3-8(9)5-11(17)18/h1-4,7H,5-6H2,(H2,14,15)(H,17,18). The first-order valence-corrected chi connectivity index (χ1v) is 5.71. The predicted molar refractivity (Wildman–Crippen MR) is 68.5 cm³/mol. The van der Waals surface area contributed by atoms with Gasteiger partial charge in [0.2, 0.25) is 0 Å². The fourth-order valence-electron chi connectivity index (χ4n) is 1.71. The number of carbonyl (C=O) groups is 1. The number of nitrogens with zero attached hydrogens (tertiary/aromatic N) is 2. The van der Waals surface area contributed by atoms with Gasteiger partial charge in [-0.15, -0.1) is 0 Å². The highest BCUT2D eigenvalue weighted by Gasteiger charge is 2.08. The largest absolute Gasteiger partial charge is 0.481 e. The number of rotatable bonds is 4. The van der Waals surface area contributed by atoms with Crippen LogP contribution in [-0.4, -0.2) is 20.9 Å². The molecule has 0 radical (unpaired) electrons. The van der Waals surface area contributed by atoms with E-state index >= 15 is 0 Å². The summed E-state index contributed by atoms with van der Waals surface area (Å²) in [5.41, 5.74) is 7.20. The van der Waals surface area contributed by atoms with Crippen LogP contribution in [0.3, 0.4) is 0 Å². The Hall–Kier alpha value is -2.01. The summed E-state index contributed by atoms with van der Waals surface area (Å²) < 4.78 is 1.60. The maximum atomic E-state index is 10.8. The van der Waals surface area contributed by atoms with Gasteiger partial charge in [0.25, 0.3) is 0 Å². The topological polar surface area (TPSA) is 81.1 Å². The molecule has 2 aromatic rings. The number of aromatic nitrogens is 2. The highest BCUT2D eigenvalue weighted by molar-refractivity contribution is 6.32. The third-order valence-electron chi connectivity index (χ3n) is 2.54. The minimum Gasteiger partial charge on any atom is -0.481 e. The Morgan fingerprint density at radius 1 is 1.39 bits per heavy atom. The molecule has 94 valence electrons. The number of nitrogen functional groups attached to an aromatic ring is 1. The first-order valence-electron chi connectivity index (χ1n) is 5.33. The van der Waals surface area contributed by atoms with Crippen LogP contribution in [0.15, 0.2) is 30.5 Å². The molecule has 18 heavy (non-hydrogen) atoms. The van der Waals surface area contributed by atoms with E-state index in [9.17, 15) is 4.79 Å². The maximum Gasteiger partial charge on any atom is 0.307 e. The molecule has 1 aromatic heterocycles. The number of carboxylic acids is 1. The molecule has 0 atom stereocenters. The van der Waals surface area contributed by atoms with Gasteiger partial charge in [0, 0.05) is 6.20 Å². The van der Waals surface area contributed by atoms with Crippen molar-refractivity contribution in [3.05, 3.63) is 46.6 Å². The van der Waals surface area contributed by atoms with Gasteiger partial charge in [0.05, 0.1) is 13.0 Å². The molecule has 0 bridgehead atoms. The third kappa shape index (κ3) is 2.81. The molecule has 0 saturated carbocycles. The molecule has 0 unspecified atom stereocenters. The second-order valence-electron chi connectivity index (χ2n) is 3.90. The van der Waals surface area contributed by atoms with E-state index < -0.39 is 5.97 Å². The number of hydrogen-bond acceptors (Lipinski definition) is 3. The Morgan fingerprint density at radius 3 is 2.61 bits per heavy atom. The highest BCUT2D eigenvalue weighted by atomic mass is 35.5. The van der Waals surface area contributed by atoms with Gasteiger partial charge in [-0.1, -0.05) is 35.9 Å². The fraction of sp³-hybridized carbons (Fsp3) is 0.167. The number of benzene rings is 1. The molecule has 3 N–H and O–H groups in total. The zero-order chi connectivity index (χ0) is 13.1. The first-order chi connectivity index (χ1) is 8.56. The van der Waals surface area contributed by atoms with E-state index in [0.29, 0.717) is 11.6 Å². The molecular formula is C12H12ClN3O2. The van der Waals surface area contributed by atoms with Gasteiger partial charge < -0.3 is 10.8 Å². The molecule has 0 aliphatic carbocycles. The summed E-state index contributed by atoms with van der Waals surface area (Å²) in [6.07, 6.45) is 1.61. The van der Waals surface area contributed by atoms with Gasteiger partial charge in [-0.05, 0) is 11.1 Å². The lowest BCUT2D eigenvalue weighted by molar-refractivity contribution is -0.136. The zero-order valence-electron chi connectivity index (χ0n) is 9.51. The molecular weight excluding hydrogens is 254 g/mol. The second kappa shape index (κ2) is 5.10. The van der Waals surface area contributed by atoms with Crippen LogP contribution in [0.2, 0.25) is 5.02 Å². The Bertz CT molecular complexity index is 561. The quantitative estimate of drug-likeness (QED) is 0.883. The van der Waals surface area contributed by atoms with Crippen molar-refractivity contribution < 1.29 is 9.90 Å². The molecule has 1 aromatic carbocycles. The maximum absolute atomic E-state index is 10.8. The van der Waals surface area contributed by atoms with E-state index in [0.717, 1.165) is 11.1 Å². The normalized spacial score (nSPS) is 10.5. The van der Waals surface area contributed by atoms with Crippen LogP contribution in [0.4, 0.5) is 5.82 Å². The summed E-state index contributed by atoms with van der Waals surface area (Å²) in [7, 11) is 0. The first kappa shape index (κ1) is 12.4. The van der Waals surface area contributed by atoms with Gasteiger partial charge in [-0.2, -0.15) is 5.10 Å². The van der Waals surface area contributed by atoms with E-state index in [1.165, 1.54) is 0 Å². The van der Waals surface area contributed by atoms with Crippen molar-refractivity contribution in [2.75, 3.05) is 5.73 Å². The summed E-state index contributed by atoms with van der Waals surface area (Å²) >= 11 is 5.82. The highest BCUT2D eigenvalue weighted by Crippen LogP contribution is 2.17. The lowest BCUT2D eigenvalue weighted by Gasteiger charge is -2.07. The molecule has 6 heteroatoms. The molecule has 0 aliphatic rings. The van der Waals surface area contributed by atoms with Crippen molar-refractivity contribution in [3.63, 3.8) is 0 Å². The van der Waals surface area contributed by atoms with Crippen molar-refractivity contribution in [2.24, 2.45) is 0 Å². The van der Waals surface area contributed by atoms with Gasteiger partial charge in [0.1, 0.15) is 5.02 Å². The van der Waals surface area contributed by atoms with Crippen LogP contribution >= 0.6 is 11.6 Å². The third-order valence-corrected chi connectivity index (χ3v) is 2.83. The monoisotopic (exact) mass is 265 g/mol. The van der Waals surface area contributed by atoms with E-state index in [-0.39, 0.29) is 12.2 Å². The molecule has 0 spiro atoms. The van der Waals surface area contributed by atoms with Gasteiger partial charge in [0.15, 0.2) is 5.82 Å². The van der Waals surface area contributed by atoms with Crippen LogP contribution in [-0.2, 0) is 17.8 Å². The van der Waals surface area contributed by atoms with Gasteiger partial charge in [-0.3, -0.25) is 9.48 Å². The number of halogens is 1. The lowest BCUT2D eigenvalue weighted by atomic mass is 10.0. The van der Waals surface area contributed by atoms with Crippen LogP contribution in [0.1, 0.15) is 11.1 Å². The molecule has 0 saturated heterocycles. The SMILES string of the molecule is Nc1nn(Cc2ccccc2CC(=O)O)cc1Cl. The summed E-state index contributed by atoms with van der Waals surface area (Å²) in [5, 5.41) is 13.3. The summed E-state index contributed by atoms with van der Waals surface area (Å²) in [6.45, 7) is 0.445. The van der Waals surface area contributed by atoms with E-state index in [1.54, 1.807) is 16.9 Å². The average molecular weight is 266 g/mol. The molecule has 0 fully saturated rings. The number of hydrogen-bond donors (Lipinski definition) is 2. The Labute approximate surface area is 109 Å². The van der Waals surface area contributed by atoms with Crippen molar-refractivity contribution in [2.45, 2.75) is 13.0 Å². The number of anilines is 1. The van der Waals surface area contributed by atoms with E-state index in [2.05, 4.69) is 5.10 Å². The van der Waals surface area contributed by atoms with Gasteiger partial charge in [-0.25, -0.2) is 0 Å². The van der Waals surface area contributed by atoms with Crippen molar-refractivity contribution in [1.29, 1.82) is 0 Å². The number of carboxylic acid groups (broad SMARTS) is 1. The molecule has 0 amide bonds. The predicted octanol–water partition coefficient (Wildman–Crippen LogP) is 1.79. The van der Waals surface area contributed by atoms with Crippen molar-refractivity contribution in [1.82, 2.24) is 9.78 Å². The molecule has 5 nitrogen and oxygen atoms in total. The molecule has 2 rings (SSSR count). The fourth-order valence-corrected chi connectivity index (χ4v) is 1.87. The van der Waals surface area contributed by atoms with Crippen molar-refractivity contribution in [3.8, 4) is 0 Å².